The van der Waals surface area contributed by atoms with Crippen molar-refractivity contribution in [3.63, 3.8) is 0 Å². The van der Waals surface area contributed by atoms with Crippen LogP contribution >= 0.6 is 0 Å². The van der Waals surface area contributed by atoms with E-state index < -0.39 is 15.4 Å². The minimum absolute atomic E-state index is 0.0668. The molecule has 1 aliphatic rings. The molecular weight excluding hydrogens is 276 g/mol. The Kier molecular flexibility index (Phi) is 3.48. The van der Waals surface area contributed by atoms with E-state index in [9.17, 15) is 20.2 Å². The Hall–Kier alpha value is -2.74. The van der Waals surface area contributed by atoms with Gasteiger partial charge in [-0.1, -0.05) is 12.1 Å². The van der Waals surface area contributed by atoms with Gasteiger partial charge >= 0.3 is 0 Å². The third kappa shape index (κ3) is 2.75. The van der Waals surface area contributed by atoms with Crippen LogP contribution in [-0.4, -0.2) is 15.4 Å². The van der Waals surface area contributed by atoms with E-state index in [2.05, 4.69) is 0 Å². The van der Waals surface area contributed by atoms with Crippen molar-refractivity contribution in [2.75, 3.05) is 5.73 Å². The minimum Gasteiger partial charge on any atom is -0.393 e. The molecule has 8 nitrogen and oxygen atoms in total. The highest BCUT2D eigenvalue weighted by Crippen LogP contribution is 2.35. The number of nitrogen functional groups attached to an aromatic ring is 1. The summed E-state index contributed by atoms with van der Waals surface area (Å²) in [5, 5.41) is 21.8. The standard InChI is InChI=1S/C13H14N4O4/c1-13(15)7-9(3-5-12(13)17(20)21)8-2-4-10(14)11(6-8)16(18)19/h2-6H,7,14-15H2,1H3. The van der Waals surface area contributed by atoms with E-state index in [0.29, 0.717) is 11.1 Å². The lowest BCUT2D eigenvalue weighted by atomic mass is 9.83. The van der Waals surface area contributed by atoms with Crippen molar-refractivity contribution in [3.8, 4) is 0 Å². The molecule has 2 rings (SSSR count). The van der Waals surface area contributed by atoms with Gasteiger partial charge in [0.2, 0.25) is 0 Å². The molecule has 0 radical (unpaired) electrons. The third-order valence-electron chi connectivity index (χ3n) is 3.38. The van der Waals surface area contributed by atoms with Gasteiger partial charge < -0.3 is 11.5 Å². The Bertz CT molecular complexity index is 691. The summed E-state index contributed by atoms with van der Waals surface area (Å²) in [6.07, 6.45) is 3.10. The van der Waals surface area contributed by atoms with Crippen LogP contribution in [0.2, 0.25) is 0 Å². The second-order valence-electron chi connectivity index (χ2n) is 5.13. The number of hydrogen-bond donors (Lipinski definition) is 2. The lowest BCUT2D eigenvalue weighted by Crippen LogP contribution is -2.42. The van der Waals surface area contributed by atoms with Gasteiger partial charge in [-0.25, -0.2) is 0 Å². The second kappa shape index (κ2) is 4.98. The summed E-state index contributed by atoms with van der Waals surface area (Å²) < 4.78 is 0. The molecule has 1 atom stereocenters. The molecular formula is C13H14N4O4. The molecule has 0 bridgehead atoms. The highest BCUT2D eigenvalue weighted by molar-refractivity contribution is 5.74. The van der Waals surface area contributed by atoms with Gasteiger partial charge in [0.1, 0.15) is 11.2 Å². The van der Waals surface area contributed by atoms with Gasteiger partial charge in [0, 0.05) is 18.6 Å². The molecule has 1 aromatic carbocycles. The summed E-state index contributed by atoms with van der Waals surface area (Å²) in [5.74, 6) is 0. The number of allylic oxidation sites excluding steroid dienone is 2. The van der Waals surface area contributed by atoms with Crippen LogP contribution < -0.4 is 11.5 Å². The summed E-state index contributed by atoms with van der Waals surface area (Å²) in [6, 6.07) is 4.42. The number of nitro groups is 2. The second-order valence-corrected chi connectivity index (χ2v) is 5.13. The third-order valence-corrected chi connectivity index (χ3v) is 3.38. The smallest absolute Gasteiger partial charge is 0.292 e. The van der Waals surface area contributed by atoms with E-state index in [1.165, 1.54) is 18.2 Å². The van der Waals surface area contributed by atoms with Gasteiger partial charge in [-0.05, 0) is 24.1 Å². The fraction of sp³-hybridized carbons (Fsp3) is 0.231. The maximum absolute atomic E-state index is 10.9. The first-order valence-electron chi connectivity index (χ1n) is 6.11. The molecule has 0 aliphatic heterocycles. The predicted octanol–water partition coefficient (Wildman–Crippen LogP) is 1.84. The predicted molar refractivity (Wildman–Crippen MR) is 77.8 cm³/mol. The van der Waals surface area contributed by atoms with Crippen molar-refractivity contribution in [2.24, 2.45) is 5.73 Å². The molecule has 0 aromatic heterocycles. The number of hydrogen-bond acceptors (Lipinski definition) is 6. The Labute approximate surface area is 120 Å². The minimum atomic E-state index is -1.14. The van der Waals surface area contributed by atoms with E-state index in [1.54, 1.807) is 19.1 Å². The number of benzene rings is 1. The summed E-state index contributed by atoms with van der Waals surface area (Å²) in [5.41, 5.74) is 11.4. The van der Waals surface area contributed by atoms with Crippen molar-refractivity contribution in [1.82, 2.24) is 0 Å². The molecule has 0 fully saturated rings. The first-order chi connectivity index (χ1) is 9.72. The SMILES string of the molecule is CC1(N)CC(c2ccc(N)c([N+](=O)[O-])c2)=CC=C1[N+](=O)[O-]. The highest BCUT2D eigenvalue weighted by atomic mass is 16.6. The number of nitrogens with zero attached hydrogens (tertiary/aromatic N) is 2. The quantitative estimate of drug-likeness (QED) is 0.494. The monoisotopic (exact) mass is 290 g/mol. The van der Waals surface area contributed by atoms with Crippen molar-refractivity contribution in [1.29, 1.82) is 0 Å². The maximum Gasteiger partial charge on any atom is 0.292 e. The van der Waals surface area contributed by atoms with Crippen LogP contribution in [-0.2, 0) is 0 Å². The normalized spacial score (nSPS) is 21.4. The zero-order valence-corrected chi connectivity index (χ0v) is 11.3. The van der Waals surface area contributed by atoms with Crippen LogP contribution in [0.25, 0.3) is 5.57 Å². The molecule has 4 N–H and O–H groups in total. The van der Waals surface area contributed by atoms with Crippen LogP contribution in [0.4, 0.5) is 11.4 Å². The molecule has 0 spiro atoms. The number of anilines is 1. The summed E-state index contributed by atoms with van der Waals surface area (Å²) in [7, 11) is 0. The highest BCUT2D eigenvalue weighted by Gasteiger charge is 2.37. The zero-order chi connectivity index (χ0) is 15.8. The van der Waals surface area contributed by atoms with Gasteiger partial charge in [0.15, 0.2) is 0 Å². The molecule has 1 aliphatic carbocycles. The van der Waals surface area contributed by atoms with E-state index in [4.69, 9.17) is 11.5 Å². The Morgan fingerprint density at radius 1 is 1.19 bits per heavy atom. The van der Waals surface area contributed by atoms with E-state index in [1.807, 2.05) is 0 Å². The largest absolute Gasteiger partial charge is 0.393 e. The Morgan fingerprint density at radius 2 is 1.86 bits per heavy atom. The van der Waals surface area contributed by atoms with Crippen molar-refractivity contribution >= 4 is 16.9 Å². The maximum atomic E-state index is 10.9. The fourth-order valence-corrected chi connectivity index (χ4v) is 2.28. The number of nitrogens with two attached hydrogens (primary N) is 2. The lowest BCUT2D eigenvalue weighted by molar-refractivity contribution is -0.434. The Morgan fingerprint density at radius 3 is 2.38 bits per heavy atom. The first-order valence-corrected chi connectivity index (χ1v) is 6.11. The van der Waals surface area contributed by atoms with Crippen LogP contribution in [0.5, 0.6) is 0 Å². The summed E-state index contributed by atoms with van der Waals surface area (Å²) in [4.78, 5) is 20.7. The molecule has 1 aromatic rings. The van der Waals surface area contributed by atoms with Crippen LogP contribution in [0.1, 0.15) is 18.9 Å². The average molecular weight is 290 g/mol. The molecule has 1 unspecified atom stereocenters. The van der Waals surface area contributed by atoms with Crippen LogP contribution in [0.3, 0.4) is 0 Å². The van der Waals surface area contributed by atoms with Crippen LogP contribution in [0.15, 0.2) is 36.0 Å². The zero-order valence-electron chi connectivity index (χ0n) is 11.3. The van der Waals surface area contributed by atoms with Gasteiger partial charge in [0.05, 0.1) is 9.85 Å². The number of rotatable bonds is 3. The molecule has 0 heterocycles. The van der Waals surface area contributed by atoms with Crippen LogP contribution in [0, 0.1) is 20.2 Å². The van der Waals surface area contributed by atoms with E-state index in [-0.39, 0.29) is 23.5 Å². The fourth-order valence-electron chi connectivity index (χ4n) is 2.28. The molecule has 0 saturated heterocycles. The summed E-state index contributed by atoms with van der Waals surface area (Å²) in [6.45, 7) is 1.56. The topological polar surface area (TPSA) is 138 Å². The first kappa shape index (κ1) is 14.7. The Balaban J connectivity index is 2.47. The van der Waals surface area contributed by atoms with Crippen molar-refractivity contribution < 1.29 is 9.85 Å². The van der Waals surface area contributed by atoms with Crippen molar-refractivity contribution in [3.05, 3.63) is 61.8 Å². The number of nitro benzene ring substituents is 1. The van der Waals surface area contributed by atoms with Gasteiger partial charge in [0.25, 0.3) is 11.4 Å². The molecule has 21 heavy (non-hydrogen) atoms. The summed E-state index contributed by atoms with van der Waals surface area (Å²) >= 11 is 0. The van der Waals surface area contributed by atoms with Gasteiger partial charge in [-0.3, -0.25) is 20.2 Å². The molecule has 0 saturated carbocycles. The lowest BCUT2D eigenvalue weighted by Gasteiger charge is -2.26. The van der Waals surface area contributed by atoms with Gasteiger partial charge in [-0.15, -0.1) is 0 Å². The van der Waals surface area contributed by atoms with E-state index >= 15 is 0 Å². The average Bonchev–Trinajstić information content (AvgIpc) is 2.37. The van der Waals surface area contributed by atoms with Gasteiger partial charge in [-0.2, -0.15) is 0 Å². The molecule has 110 valence electrons. The van der Waals surface area contributed by atoms with Crippen molar-refractivity contribution in [2.45, 2.75) is 18.9 Å². The van der Waals surface area contributed by atoms with E-state index in [0.717, 1.165) is 0 Å². The molecule has 0 amide bonds. The molecule has 8 heteroatoms.